The third-order valence-corrected chi connectivity index (χ3v) is 6.70. The number of aromatic nitrogens is 1. The van der Waals surface area contributed by atoms with E-state index in [1.54, 1.807) is 68.7 Å². The van der Waals surface area contributed by atoms with Crippen molar-refractivity contribution in [1.82, 2.24) is 4.98 Å². The lowest BCUT2D eigenvalue weighted by Crippen LogP contribution is -2.38. The van der Waals surface area contributed by atoms with Crippen molar-refractivity contribution >= 4 is 34.7 Å². The van der Waals surface area contributed by atoms with Gasteiger partial charge in [-0.05, 0) is 81.3 Å². The second-order valence-corrected chi connectivity index (χ2v) is 11.2. The number of halogens is 3. The minimum atomic E-state index is -4.45. The Morgan fingerprint density at radius 1 is 0.976 bits per heavy atom. The highest BCUT2D eigenvalue weighted by molar-refractivity contribution is 7.07. The van der Waals surface area contributed by atoms with Crippen LogP contribution in [0.25, 0.3) is 11.1 Å². The molecule has 41 heavy (non-hydrogen) atoms. The SMILES string of the molecule is Cc1ccc(C(=O)Nc2ccc(N(CCc3cscn3)C(=O)OC(C)(C)C)cc2)c(-c2ccc(C(F)(F)F)cc2)c1. The number of rotatable bonds is 7. The Morgan fingerprint density at radius 3 is 2.24 bits per heavy atom. The molecule has 6 nitrogen and oxygen atoms in total. The van der Waals surface area contributed by atoms with Crippen molar-refractivity contribution in [3.05, 3.63) is 100 Å². The molecule has 1 heterocycles. The second kappa shape index (κ2) is 12.1. The Morgan fingerprint density at radius 2 is 1.66 bits per heavy atom. The van der Waals surface area contributed by atoms with Crippen molar-refractivity contribution in [2.24, 2.45) is 0 Å². The number of alkyl halides is 3. The number of hydrogen-bond donors (Lipinski definition) is 1. The molecule has 3 aromatic carbocycles. The predicted molar refractivity (Wildman–Crippen MR) is 155 cm³/mol. The fraction of sp³-hybridized carbons (Fsp3) is 0.258. The summed E-state index contributed by atoms with van der Waals surface area (Å²) in [4.78, 5) is 32.1. The summed E-state index contributed by atoms with van der Waals surface area (Å²) in [5.41, 5.74) is 4.45. The van der Waals surface area contributed by atoms with Crippen LogP contribution in [-0.2, 0) is 17.3 Å². The van der Waals surface area contributed by atoms with E-state index in [1.165, 1.54) is 28.4 Å². The van der Waals surface area contributed by atoms with Crippen LogP contribution in [0.1, 0.15) is 48.0 Å². The number of amides is 2. The molecule has 0 aliphatic heterocycles. The van der Waals surface area contributed by atoms with E-state index in [0.29, 0.717) is 41.0 Å². The van der Waals surface area contributed by atoms with Crippen molar-refractivity contribution in [2.45, 2.75) is 45.9 Å². The van der Waals surface area contributed by atoms with E-state index < -0.39 is 29.3 Å². The molecule has 4 aromatic rings. The number of anilines is 2. The molecule has 1 aromatic heterocycles. The number of aryl methyl sites for hydroxylation is 1. The molecule has 0 saturated carbocycles. The highest BCUT2D eigenvalue weighted by Gasteiger charge is 2.30. The van der Waals surface area contributed by atoms with E-state index in [9.17, 15) is 22.8 Å². The largest absolute Gasteiger partial charge is 0.443 e. The van der Waals surface area contributed by atoms with Crippen molar-refractivity contribution in [2.75, 3.05) is 16.8 Å². The van der Waals surface area contributed by atoms with E-state index in [2.05, 4.69) is 10.3 Å². The van der Waals surface area contributed by atoms with Gasteiger partial charge in [0.1, 0.15) is 5.60 Å². The number of nitrogens with zero attached hydrogens (tertiary/aromatic N) is 2. The highest BCUT2D eigenvalue weighted by atomic mass is 32.1. The Labute approximate surface area is 240 Å². The summed E-state index contributed by atoms with van der Waals surface area (Å²) >= 11 is 1.48. The third kappa shape index (κ3) is 7.94. The summed E-state index contributed by atoms with van der Waals surface area (Å²) in [5.74, 6) is -0.417. The number of ether oxygens (including phenoxy) is 1. The summed E-state index contributed by atoms with van der Waals surface area (Å²) in [6, 6.07) is 16.7. The number of hydrogen-bond acceptors (Lipinski definition) is 5. The van der Waals surface area contributed by atoms with Crippen LogP contribution in [0.15, 0.2) is 77.6 Å². The maximum atomic E-state index is 13.3. The van der Waals surface area contributed by atoms with Gasteiger partial charge in [-0.2, -0.15) is 13.2 Å². The standard InChI is InChI=1S/C31H30F3N3O3S/c1-20-5-14-26(27(17-20)21-6-8-22(9-7-21)31(32,33)34)28(38)36-23-10-12-25(13-11-23)37(29(39)40-30(2,3)4)16-15-24-18-41-19-35-24/h5-14,17-19H,15-16H2,1-4H3,(H,36,38). The first kappa shape index (κ1) is 29.8. The lowest BCUT2D eigenvalue weighted by atomic mass is 9.96. The Bertz CT molecular complexity index is 1500. The molecule has 0 saturated heterocycles. The monoisotopic (exact) mass is 581 g/mol. The van der Waals surface area contributed by atoms with Crippen molar-refractivity contribution in [3.63, 3.8) is 0 Å². The Hall–Kier alpha value is -4.18. The maximum Gasteiger partial charge on any atom is 0.416 e. The van der Waals surface area contributed by atoms with Gasteiger partial charge in [0.2, 0.25) is 0 Å². The van der Waals surface area contributed by atoms with Gasteiger partial charge in [0.15, 0.2) is 0 Å². The molecular weight excluding hydrogens is 551 g/mol. The zero-order chi connectivity index (χ0) is 29.8. The number of thiazole rings is 1. The molecule has 0 spiro atoms. The lowest BCUT2D eigenvalue weighted by molar-refractivity contribution is -0.137. The lowest BCUT2D eigenvalue weighted by Gasteiger charge is -2.27. The fourth-order valence-corrected chi connectivity index (χ4v) is 4.68. The number of nitrogens with one attached hydrogen (secondary N) is 1. The summed E-state index contributed by atoms with van der Waals surface area (Å²) in [6.07, 6.45) is -4.40. The van der Waals surface area contributed by atoms with Gasteiger partial charge >= 0.3 is 12.3 Å². The molecule has 0 atom stereocenters. The normalized spacial score (nSPS) is 11.7. The first-order valence-electron chi connectivity index (χ1n) is 12.9. The van der Waals surface area contributed by atoms with Crippen LogP contribution in [0, 0.1) is 6.92 Å². The molecule has 0 aliphatic carbocycles. The molecule has 0 aliphatic rings. The van der Waals surface area contributed by atoms with Gasteiger partial charge in [-0.3, -0.25) is 9.69 Å². The van der Waals surface area contributed by atoms with Gasteiger partial charge in [-0.1, -0.05) is 29.8 Å². The van der Waals surface area contributed by atoms with E-state index >= 15 is 0 Å². The minimum absolute atomic E-state index is 0.318. The topological polar surface area (TPSA) is 71.5 Å². The zero-order valence-corrected chi connectivity index (χ0v) is 23.9. The van der Waals surface area contributed by atoms with Crippen LogP contribution in [0.3, 0.4) is 0 Å². The van der Waals surface area contributed by atoms with Gasteiger partial charge < -0.3 is 10.1 Å². The summed E-state index contributed by atoms with van der Waals surface area (Å²) < 4.78 is 44.7. The molecule has 10 heteroatoms. The maximum absolute atomic E-state index is 13.3. The quantitative estimate of drug-likeness (QED) is 0.238. The van der Waals surface area contributed by atoms with Crippen molar-refractivity contribution < 1.29 is 27.5 Å². The van der Waals surface area contributed by atoms with E-state index in [0.717, 1.165) is 23.4 Å². The van der Waals surface area contributed by atoms with E-state index in [4.69, 9.17) is 4.74 Å². The summed E-state index contributed by atoms with van der Waals surface area (Å²) in [7, 11) is 0. The zero-order valence-electron chi connectivity index (χ0n) is 23.1. The molecule has 0 fully saturated rings. The third-order valence-electron chi connectivity index (χ3n) is 6.07. The molecule has 214 valence electrons. The average molecular weight is 582 g/mol. The first-order chi connectivity index (χ1) is 19.3. The van der Waals surface area contributed by atoms with Crippen LogP contribution in [0.5, 0.6) is 0 Å². The van der Waals surface area contributed by atoms with Gasteiger partial charge in [-0.15, -0.1) is 11.3 Å². The van der Waals surface area contributed by atoms with Crippen LogP contribution in [0.4, 0.5) is 29.3 Å². The van der Waals surface area contributed by atoms with Crippen molar-refractivity contribution in [1.29, 1.82) is 0 Å². The molecule has 0 radical (unpaired) electrons. The minimum Gasteiger partial charge on any atom is -0.443 e. The van der Waals surface area contributed by atoms with E-state index in [1.807, 2.05) is 12.3 Å². The molecule has 0 unspecified atom stereocenters. The predicted octanol–water partition coefficient (Wildman–Crippen LogP) is 8.37. The Balaban J connectivity index is 1.54. The average Bonchev–Trinajstić information content (AvgIpc) is 3.42. The second-order valence-electron chi connectivity index (χ2n) is 10.5. The van der Waals surface area contributed by atoms with Crippen LogP contribution in [0.2, 0.25) is 0 Å². The van der Waals surface area contributed by atoms with Gasteiger partial charge in [0.25, 0.3) is 5.91 Å². The van der Waals surface area contributed by atoms with Gasteiger partial charge in [0.05, 0.1) is 16.8 Å². The highest BCUT2D eigenvalue weighted by Crippen LogP contribution is 2.32. The Kier molecular flexibility index (Phi) is 8.82. The van der Waals surface area contributed by atoms with Gasteiger partial charge in [-0.25, -0.2) is 9.78 Å². The number of carbonyl (C=O) groups is 2. The molecule has 2 amide bonds. The fourth-order valence-electron chi connectivity index (χ4n) is 4.09. The number of carbonyl (C=O) groups excluding carboxylic acids is 2. The molecule has 0 bridgehead atoms. The first-order valence-corrected chi connectivity index (χ1v) is 13.8. The smallest absolute Gasteiger partial charge is 0.416 e. The molecule has 4 rings (SSSR count). The van der Waals surface area contributed by atoms with Gasteiger partial charge in [0, 0.05) is 35.3 Å². The number of benzene rings is 3. The van der Waals surface area contributed by atoms with Crippen LogP contribution < -0.4 is 10.2 Å². The molecule has 1 N–H and O–H groups in total. The van der Waals surface area contributed by atoms with Crippen LogP contribution in [-0.4, -0.2) is 29.1 Å². The van der Waals surface area contributed by atoms with Crippen LogP contribution >= 0.6 is 11.3 Å². The van der Waals surface area contributed by atoms with Crippen molar-refractivity contribution in [3.8, 4) is 11.1 Å². The summed E-state index contributed by atoms with van der Waals surface area (Å²) in [5, 5.41) is 4.78. The molecular formula is C31H30F3N3O3S. The summed E-state index contributed by atoms with van der Waals surface area (Å²) in [6.45, 7) is 7.59. The van der Waals surface area contributed by atoms with E-state index in [-0.39, 0.29) is 0 Å².